The fourth-order valence-corrected chi connectivity index (χ4v) is 2.56. The quantitative estimate of drug-likeness (QED) is 0.453. The van der Waals surface area contributed by atoms with Crippen LogP contribution in [0.3, 0.4) is 0 Å². The zero-order chi connectivity index (χ0) is 15.1. The minimum absolute atomic E-state index is 0. The largest absolute Gasteiger partial charge is 0.496 e. The molecule has 1 atom stereocenters. The Kier molecular flexibility index (Phi) is 8.55. The van der Waals surface area contributed by atoms with Crippen molar-refractivity contribution in [3.8, 4) is 5.75 Å². The van der Waals surface area contributed by atoms with Crippen molar-refractivity contribution >= 4 is 29.9 Å². The second-order valence-corrected chi connectivity index (χ2v) is 5.23. The predicted octanol–water partition coefficient (Wildman–Crippen LogP) is 2.50. The summed E-state index contributed by atoms with van der Waals surface area (Å²) >= 11 is 0. The van der Waals surface area contributed by atoms with Crippen molar-refractivity contribution in [1.82, 2.24) is 10.2 Å². The molecule has 0 radical (unpaired) electrons. The van der Waals surface area contributed by atoms with E-state index in [1.807, 2.05) is 25.2 Å². The van der Waals surface area contributed by atoms with Gasteiger partial charge >= 0.3 is 0 Å². The molecule has 0 aliphatic carbocycles. The number of methoxy groups -OCH3 is 1. The van der Waals surface area contributed by atoms with E-state index in [1.54, 1.807) is 14.2 Å². The third-order valence-electron chi connectivity index (χ3n) is 3.69. The maximum Gasteiger partial charge on any atom is 0.193 e. The van der Waals surface area contributed by atoms with Gasteiger partial charge in [-0.3, -0.25) is 4.99 Å². The van der Waals surface area contributed by atoms with Crippen molar-refractivity contribution < 1.29 is 9.47 Å². The van der Waals surface area contributed by atoms with E-state index in [0.29, 0.717) is 6.10 Å². The van der Waals surface area contributed by atoms with Crippen molar-refractivity contribution in [2.75, 3.05) is 34.4 Å². The molecule has 5 nitrogen and oxygen atoms in total. The van der Waals surface area contributed by atoms with E-state index in [2.05, 4.69) is 21.3 Å². The van der Waals surface area contributed by atoms with Gasteiger partial charge in [0, 0.05) is 39.4 Å². The van der Waals surface area contributed by atoms with Gasteiger partial charge in [-0.1, -0.05) is 18.2 Å². The zero-order valence-corrected chi connectivity index (χ0v) is 15.9. The molecular weight excluding hydrogens is 393 g/mol. The van der Waals surface area contributed by atoms with Crippen molar-refractivity contribution in [1.29, 1.82) is 0 Å². The maximum absolute atomic E-state index is 5.63. The minimum atomic E-state index is 0. The molecule has 0 saturated carbocycles. The van der Waals surface area contributed by atoms with Crippen LogP contribution in [0.4, 0.5) is 0 Å². The monoisotopic (exact) mass is 419 g/mol. The second-order valence-electron chi connectivity index (χ2n) is 5.23. The predicted molar refractivity (Wildman–Crippen MR) is 100 cm³/mol. The van der Waals surface area contributed by atoms with E-state index in [0.717, 1.165) is 49.8 Å². The lowest BCUT2D eigenvalue weighted by atomic mass is 10.2. The number of hydrogen-bond acceptors (Lipinski definition) is 3. The van der Waals surface area contributed by atoms with Gasteiger partial charge < -0.3 is 19.7 Å². The Labute approximate surface area is 150 Å². The standard InChI is InChI=1S/C16H25N3O2.HI/c1-17-16(18-11-14-8-6-10-21-14)19(2)12-13-7-4-5-9-15(13)20-3;/h4-5,7,9,14H,6,8,10-12H2,1-3H3,(H,17,18);1H. The Morgan fingerprint density at radius 3 is 2.86 bits per heavy atom. The number of guanidine groups is 1. The Morgan fingerprint density at radius 2 is 2.23 bits per heavy atom. The average Bonchev–Trinajstić information content (AvgIpc) is 3.02. The lowest BCUT2D eigenvalue weighted by Gasteiger charge is -2.24. The Bertz CT molecular complexity index is 476. The zero-order valence-electron chi connectivity index (χ0n) is 13.5. The van der Waals surface area contributed by atoms with Crippen LogP contribution >= 0.6 is 24.0 Å². The molecule has 1 unspecified atom stereocenters. The van der Waals surface area contributed by atoms with E-state index in [-0.39, 0.29) is 24.0 Å². The lowest BCUT2D eigenvalue weighted by Crippen LogP contribution is -2.41. The lowest BCUT2D eigenvalue weighted by molar-refractivity contribution is 0.113. The minimum Gasteiger partial charge on any atom is -0.496 e. The van der Waals surface area contributed by atoms with Crippen molar-refractivity contribution in [2.24, 2.45) is 4.99 Å². The number of benzene rings is 1. The number of nitrogens with zero attached hydrogens (tertiary/aromatic N) is 2. The molecule has 124 valence electrons. The summed E-state index contributed by atoms with van der Waals surface area (Å²) in [7, 11) is 5.52. The molecule has 6 heteroatoms. The molecule has 0 bridgehead atoms. The molecule has 1 saturated heterocycles. The Morgan fingerprint density at radius 1 is 1.45 bits per heavy atom. The first kappa shape index (κ1) is 19.0. The third-order valence-corrected chi connectivity index (χ3v) is 3.69. The smallest absolute Gasteiger partial charge is 0.193 e. The first-order valence-electron chi connectivity index (χ1n) is 7.40. The van der Waals surface area contributed by atoms with Crippen LogP contribution in [-0.4, -0.2) is 51.3 Å². The first-order chi connectivity index (χ1) is 10.2. The number of rotatable bonds is 5. The molecule has 0 aromatic heterocycles. The number of aliphatic imine (C=N–C) groups is 1. The summed E-state index contributed by atoms with van der Waals surface area (Å²) in [6.07, 6.45) is 2.59. The molecule has 0 spiro atoms. The van der Waals surface area contributed by atoms with Crippen LogP contribution in [0.5, 0.6) is 5.75 Å². The van der Waals surface area contributed by atoms with Gasteiger partial charge in [-0.2, -0.15) is 0 Å². The van der Waals surface area contributed by atoms with Gasteiger partial charge in [0.05, 0.1) is 13.2 Å². The number of nitrogens with one attached hydrogen (secondary N) is 1. The van der Waals surface area contributed by atoms with Crippen molar-refractivity contribution in [2.45, 2.75) is 25.5 Å². The van der Waals surface area contributed by atoms with Gasteiger partial charge in [0.25, 0.3) is 0 Å². The van der Waals surface area contributed by atoms with Crippen LogP contribution in [0, 0.1) is 0 Å². The first-order valence-corrected chi connectivity index (χ1v) is 7.40. The fraction of sp³-hybridized carbons (Fsp3) is 0.562. The third kappa shape index (κ3) is 5.31. The molecule has 1 aromatic rings. The normalized spacial score (nSPS) is 17.8. The molecule has 0 amide bonds. The molecular formula is C16H26IN3O2. The number of hydrogen-bond donors (Lipinski definition) is 1. The van der Waals surface area contributed by atoms with Gasteiger partial charge in [0.15, 0.2) is 5.96 Å². The number of para-hydroxylation sites is 1. The molecule has 1 aromatic carbocycles. The molecule has 1 aliphatic rings. The van der Waals surface area contributed by atoms with Crippen LogP contribution in [0.2, 0.25) is 0 Å². The molecule has 1 N–H and O–H groups in total. The Balaban J connectivity index is 0.00000242. The van der Waals surface area contributed by atoms with Crippen LogP contribution < -0.4 is 10.1 Å². The van der Waals surface area contributed by atoms with E-state index >= 15 is 0 Å². The van der Waals surface area contributed by atoms with Gasteiger partial charge in [0.1, 0.15) is 5.75 Å². The molecule has 1 heterocycles. The highest BCUT2D eigenvalue weighted by molar-refractivity contribution is 14.0. The summed E-state index contributed by atoms with van der Waals surface area (Å²) in [5, 5.41) is 3.38. The molecule has 2 rings (SSSR count). The van der Waals surface area contributed by atoms with E-state index in [4.69, 9.17) is 9.47 Å². The SMILES string of the molecule is CN=C(NCC1CCCO1)N(C)Cc1ccccc1OC.I. The summed E-state index contributed by atoms with van der Waals surface area (Å²) in [6.45, 7) is 2.43. The van der Waals surface area contributed by atoms with Crippen LogP contribution in [-0.2, 0) is 11.3 Å². The van der Waals surface area contributed by atoms with Gasteiger partial charge in [0.2, 0.25) is 0 Å². The van der Waals surface area contributed by atoms with Gasteiger partial charge in [-0.05, 0) is 18.9 Å². The van der Waals surface area contributed by atoms with Crippen molar-refractivity contribution in [3.05, 3.63) is 29.8 Å². The van der Waals surface area contributed by atoms with Crippen LogP contribution in [0.25, 0.3) is 0 Å². The highest BCUT2D eigenvalue weighted by Crippen LogP contribution is 2.18. The summed E-state index contributed by atoms with van der Waals surface area (Å²) in [4.78, 5) is 6.43. The van der Waals surface area contributed by atoms with Gasteiger partial charge in [-0.15, -0.1) is 24.0 Å². The molecule has 1 aliphatic heterocycles. The summed E-state index contributed by atoms with van der Waals surface area (Å²) in [5.74, 6) is 1.77. The van der Waals surface area contributed by atoms with E-state index < -0.39 is 0 Å². The number of halogens is 1. The highest BCUT2D eigenvalue weighted by atomic mass is 127. The summed E-state index contributed by atoms with van der Waals surface area (Å²) in [6, 6.07) is 8.05. The second kappa shape index (κ2) is 9.89. The van der Waals surface area contributed by atoms with Crippen LogP contribution in [0.1, 0.15) is 18.4 Å². The fourth-order valence-electron chi connectivity index (χ4n) is 2.56. The number of ether oxygens (including phenoxy) is 2. The maximum atomic E-state index is 5.63. The topological polar surface area (TPSA) is 46.1 Å². The molecule has 1 fully saturated rings. The van der Waals surface area contributed by atoms with Gasteiger partial charge in [-0.25, -0.2) is 0 Å². The molecule has 22 heavy (non-hydrogen) atoms. The van der Waals surface area contributed by atoms with E-state index in [9.17, 15) is 0 Å². The van der Waals surface area contributed by atoms with Crippen molar-refractivity contribution in [3.63, 3.8) is 0 Å². The Hall–Kier alpha value is -1.02. The highest BCUT2D eigenvalue weighted by Gasteiger charge is 2.17. The van der Waals surface area contributed by atoms with E-state index in [1.165, 1.54) is 0 Å². The van der Waals surface area contributed by atoms with Crippen LogP contribution in [0.15, 0.2) is 29.3 Å². The summed E-state index contributed by atoms with van der Waals surface area (Å²) < 4.78 is 11.0. The summed E-state index contributed by atoms with van der Waals surface area (Å²) in [5.41, 5.74) is 1.14. The average molecular weight is 419 g/mol.